The number of primary amides is 1. The van der Waals surface area contributed by atoms with Crippen LogP contribution in [0.3, 0.4) is 0 Å². The molecule has 0 aliphatic rings. The van der Waals surface area contributed by atoms with Crippen molar-refractivity contribution in [3.8, 4) is 0 Å². The Hall–Kier alpha value is -0.770. The standard InChI is InChI=1S/C11H14Cl2N2O/c1-2-5-15-10(11(14)16)8-4-3-7(12)6-9(8)13/h3-4,6,10,15H,2,5H2,1H3,(H2,14,16). The Bertz CT molecular complexity index is 382. The van der Waals surface area contributed by atoms with Gasteiger partial charge in [-0.2, -0.15) is 0 Å². The highest BCUT2D eigenvalue weighted by molar-refractivity contribution is 6.35. The van der Waals surface area contributed by atoms with E-state index in [1.54, 1.807) is 18.2 Å². The molecule has 16 heavy (non-hydrogen) atoms. The summed E-state index contributed by atoms with van der Waals surface area (Å²) in [5, 5.41) is 4.02. The number of nitrogens with two attached hydrogens (primary N) is 1. The number of benzene rings is 1. The molecule has 3 nitrogen and oxygen atoms in total. The molecule has 0 fully saturated rings. The maximum atomic E-state index is 11.3. The van der Waals surface area contributed by atoms with Crippen LogP contribution in [-0.2, 0) is 4.79 Å². The first-order chi connectivity index (χ1) is 7.56. The monoisotopic (exact) mass is 260 g/mol. The number of rotatable bonds is 5. The molecule has 1 unspecified atom stereocenters. The molecular weight excluding hydrogens is 247 g/mol. The zero-order chi connectivity index (χ0) is 12.1. The summed E-state index contributed by atoms with van der Waals surface area (Å²) >= 11 is 11.8. The lowest BCUT2D eigenvalue weighted by Gasteiger charge is -2.16. The van der Waals surface area contributed by atoms with E-state index < -0.39 is 11.9 Å². The minimum atomic E-state index is -0.565. The van der Waals surface area contributed by atoms with Crippen LogP contribution in [0, 0.1) is 0 Å². The van der Waals surface area contributed by atoms with Gasteiger partial charge in [-0.05, 0) is 30.7 Å². The van der Waals surface area contributed by atoms with Crippen molar-refractivity contribution in [3.05, 3.63) is 33.8 Å². The molecule has 88 valence electrons. The number of nitrogens with one attached hydrogen (secondary N) is 1. The van der Waals surface area contributed by atoms with Gasteiger partial charge in [0.2, 0.25) is 5.91 Å². The normalized spacial score (nSPS) is 12.4. The molecule has 1 aromatic rings. The van der Waals surface area contributed by atoms with E-state index in [0.717, 1.165) is 6.42 Å². The zero-order valence-electron chi connectivity index (χ0n) is 8.97. The molecule has 0 saturated carbocycles. The number of amides is 1. The summed E-state index contributed by atoms with van der Waals surface area (Å²) in [6.45, 7) is 2.71. The molecular formula is C11H14Cl2N2O. The maximum Gasteiger partial charge on any atom is 0.239 e. The zero-order valence-corrected chi connectivity index (χ0v) is 10.5. The highest BCUT2D eigenvalue weighted by Crippen LogP contribution is 2.26. The first kappa shape index (κ1) is 13.3. The van der Waals surface area contributed by atoms with Gasteiger partial charge in [-0.15, -0.1) is 0 Å². The average Bonchev–Trinajstić information content (AvgIpc) is 2.20. The minimum absolute atomic E-state index is 0.444. The molecule has 0 radical (unpaired) electrons. The second kappa shape index (κ2) is 6.09. The highest BCUT2D eigenvalue weighted by atomic mass is 35.5. The van der Waals surface area contributed by atoms with Crippen molar-refractivity contribution in [2.45, 2.75) is 19.4 Å². The predicted octanol–water partition coefficient (Wildman–Crippen LogP) is 2.52. The molecule has 0 spiro atoms. The molecule has 0 bridgehead atoms. The maximum absolute atomic E-state index is 11.3. The molecule has 1 aromatic carbocycles. The molecule has 1 atom stereocenters. The Morgan fingerprint density at radius 3 is 2.69 bits per heavy atom. The molecule has 3 N–H and O–H groups in total. The van der Waals surface area contributed by atoms with Gasteiger partial charge in [0, 0.05) is 10.0 Å². The largest absolute Gasteiger partial charge is 0.368 e. The Balaban J connectivity index is 2.96. The van der Waals surface area contributed by atoms with E-state index in [-0.39, 0.29) is 0 Å². The number of halogens is 2. The molecule has 0 heterocycles. The van der Waals surface area contributed by atoms with Crippen LogP contribution in [0.25, 0.3) is 0 Å². The predicted molar refractivity (Wildman–Crippen MR) is 66.7 cm³/mol. The number of carbonyl (C=O) groups excluding carboxylic acids is 1. The fourth-order valence-corrected chi connectivity index (χ4v) is 1.91. The van der Waals surface area contributed by atoms with E-state index in [4.69, 9.17) is 28.9 Å². The van der Waals surface area contributed by atoms with Crippen LogP contribution >= 0.6 is 23.2 Å². The number of hydrogen-bond donors (Lipinski definition) is 2. The summed E-state index contributed by atoms with van der Waals surface area (Å²) in [7, 11) is 0. The summed E-state index contributed by atoms with van der Waals surface area (Å²) in [5.74, 6) is -0.447. The fourth-order valence-electron chi connectivity index (χ4n) is 1.39. The van der Waals surface area contributed by atoms with Crippen LogP contribution < -0.4 is 11.1 Å². The molecule has 0 aliphatic heterocycles. The van der Waals surface area contributed by atoms with Gasteiger partial charge in [0.1, 0.15) is 6.04 Å². The Labute approximate surface area is 105 Å². The minimum Gasteiger partial charge on any atom is -0.368 e. The second-order valence-corrected chi connectivity index (χ2v) is 4.30. The SMILES string of the molecule is CCCNC(C(N)=O)c1ccc(Cl)cc1Cl. The summed E-state index contributed by atoms with van der Waals surface area (Å²) in [4.78, 5) is 11.3. The van der Waals surface area contributed by atoms with E-state index in [2.05, 4.69) is 5.32 Å². The number of hydrogen-bond acceptors (Lipinski definition) is 2. The summed E-state index contributed by atoms with van der Waals surface area (Å²) in [6, 6.07) is 4.43. The third kappa shape index (κ3) is 3.37. The van der Waals surface area contributed by atoms with Crippen molar-refractivity contribution >= 4 is 29.1 Å². The van der Waals surface area contributed by atoms with E-state index in [9.17, 15) is 4.79 Å². The van der Waals surface area contributed by atoms with Crippen molar-refractivity contribution in [2.75, 3.05) is 6.54 Å². The van der Waals surface area contributed by atoms with Crippen LogP contribution in [0.15, 0.2) is 18.2 Å². The lowest BCUT2D eigenvalue weighted by molar-refractivity contribution is -0.120. The Morgan fingerprint density at radius 1 is 1.50 bits per heavy atom. The molecule has 0 aliphatic carbocycles. The van der Waals surface area contributed by atoms with E-state index in [0.29, 0.717) is 22.2 Å². The first-order valence-electron chi connectivity index (χ1n) is 5.04. The number of carbonyl (C=O) groups is 1. The van der Waals surface area contributed by atoms with E-state index in [1.165, 1.54) is 0 Å². The second-order valence-electron chi connectivity index (χ2n) is 3.46. The summed E-state index contributed by atoms with van der Waals surface area (Å²) in [5.41, 5.74) is 5.98. The van der Waals surface area contributed by atoms with Crippen LogP contribution in [0.5, 0.6) is 0 Å². The smallest absolute Gasteiger partial charge is 0.239 e. The quantitative estimate of drug-likeness (QED) is 0.855. The van der Waals surface area contributed by atoms with Crippen LogP contribution in [0.1, 0.15) is 24.9 Å². The summed E-state index contributed by atoms with van der Waals surface area (Å²) in [6.07, 6.45) is 0.912. The molecule has 0 saturated heterocycles. The van der Waals surface area contributed by atoms with Crippen molar-refractivity contribution in [1.29, 1.82) is 0 Å². The van der Waals surface area contributed by atoms with Crippen molar-refractivity contribution < 1.29 is 4.79 Å². The van der Waals surface area contributed by atoms with Gasteiger partial charge in [0.15, 0.2) is 0 Å². The van der Waals surface area contributed by atoms with Crippen LogP contribution in [0.2, 0.25) is 10.0 Å². The lowest BCUT2D eigenvalue weighted by Crippen LogP contribution is -2.34. The van der Waals surface area contributed by atoms with Gasteiger partial charge < -0.3 is 11.1 Å². The Kier molecular flexibility index (Phi) is 5.06. The highest BCUT2D eigenvalue weighted by Gasteiger charge is 2.19. The van der Waals surface area contributed by atoms with Crippen molar-refractivity contribution in [3.63, 3.8) is 0 Å². The van der Waals surface area contributed by atoms with Crippen molar-refractivity contribution in [2.24, 2.45) is 5.73 Å². The molecule has 1 amide bonds. The Morgan fingerprint density at radius 2 is 2.19 bits per heavy atom. The van der Waals surface area contributed by atoms with Gasteiger partial charge in [0.05, 0.1) is 0 Å². The van der Waals surface area contributed by atoms with E-state index in [1.807, 2.05) is 6.92 Å². The van der Waals surface area contributed by atoms with Crippen LogP contribution in [0.4, 0.5) is 0 Å². The van der Waals surface area contributed by atoms with Gasteiger partial charge >= 0.3 is 0 Å². The van der Waals surface area contributed by atoms with Crippen molar-refractivity contribution in [1.82, 2.24) is 5.32 Å². The third-order valence-corrected chi connectivity index (χ3v) is 2.72. The topological polar surface area (TPSA) is 55.1 Å². The fraction of sp³-hybridized carbons (Fsp3) is 0.364. The summed E-state index contributed by atoms with van der Waals surface area (Å²) < 4.78 is 0. The first-order valence-corrected chi connectivity index (χ1v) is 5.79. The van der Waals surface area contributed by atoms with Gasteiger partial charge in [-0.25, -0.2) is 0 Å². The third-order valence-electron chi connectivity index (χ3n) is 2.16. The lowest BCUT2D eigenvalue weighted by atomic mass is 10.1. The van der Waals surface area contributed by atoms with Gasteiger partial charge in [-0.3, -0.25) is 4.79 Å². The van der Waals surface area contributed by atoms with Gasteiger partial charge in [0.25, 0.3) is 0 Å². The molecule has 5 heteroatoms. The van der Waals surface area contributed by atoms with Gasteiger partial charge in [-0.1, -0.05) is 36.2 Å². The van der Waals surface area contributed by atoms with E-state index >= 15 is 0 Å². The molecule has 0 aromatic heterocycles. The molecule has 1 rings (SSSR count). The average molecular weight is 261 g/mol. The van der Waals surface area contributed by atoms with Crippen LogP contribution in [-0.4, -0.2) is 12.5 Å².